The van der Waals surface area contributed by atoms with Gasteiger partial charge in [0.15, 0.2) is 0 Å². The molecule has 4 aliphatic rings. The first kappa shape index (κ1) is 38.7. The zero-order valence-corrected chi connectivity index (χ0v) is 38.4. The summed E-state index contributed by atoms with van der Waals surface area (Å²) in [5.41, 5.74) is 19.8. The molecule has 318 valence electrons. The Labute approximate surface area is 396 Å². The van der Waals surface area contributed by atoms with E-state index in [2.05, 4.69) is 249 Å². The van der Waals surface area contributed by atoms with Gasteiger partial charge < -0.3 is 4.90 Å². The lowest BCUT2D eigenvalue weighted by molar-refractivity contribution is 0.424. The molecule has 4 aliphatic carbocycles. The SMILES string of the molecule is CC1(C)c2ccccc2-c2ccc(N(c3ccccc3C3(C4C=CC=CC4)c4ccccc4C4(c5ccccc5)c5ccccc5-c5cccc3c54)c3cccc4c3sc3ccccc34)cc21. The van der Waals surface area contributed by atoms with Gasteiger partial charge >= 0.3 is 0 Å². The summed E-state index contributed by atoms with van der Waals surface area (Å²) in [6.45, 7) is 4.80. The van der Waals surface area contributed by atoms with Crippen LogP contribution in [-0.4, -0.2) is 0 Å². The van der Waals surface area contributed by atoms with Crippen LogP contribution in [0, 0.1) is 5.92 Å². The van der Waals surface area contributed by atoms with E-state index in [-0.39, 0.29) is 11.3 Å². The fourth-order valence-corrected chi connectivity index (χ4v) is 14.6. The molecule has 0 N–H and O–H groups in total. The highest BCUT2D eigenvalue weighted by atomic mass is 32.1. The largest absolute Gasteiger partial charge is 0.309 e. The molecule has 9 aromatic carbocycles. The predicted molar refractivity (Wildman–Crippen MR) is 282 cm³/mol. The Kier molecular flexibility index (Phi) is 8.23. The van der Waals surface area contributed by atoms with Crippen LogP contribution in [0.3, 0.4) is 0 Å². The number of hydrogen-bond donors (Lipinski definition) is 0. The Morgan fingerprint density at radius 2 is 1.07 bits per heavy atom. The number of thiophene rings is 1. The molecule has 0 radical (unpaired) electrons. The van der Waals surface area contributed by atoms with E-state index in [9.17, 15) is 0 Å². The molecule has 10 aromatic rings. The molecule has 2 heteroatoms. The van der Waals surface area contributed by atoms with Crippen molar-refractivity contribution in [3.05, 3.63) is 281 Å². The number of rotatable bonds is 6. The van der Waals surface area contributed by atoms with Gasteiger partial charge in [-0.05, 0) is 115 Å². The van der Waals surface area contributed by atoms with Gasteiger partial charge in [0.1, 0.15) is 0 Å². The fraction of sp³-hybridized carbons (Fsp3) is 0.108. The van der Waals surface area contributed by atoms with Crippen molar-refractivity contribution >= 4 is 48.6 Å². The molecule has 3 atom stereocenters. The topological polar surface area (TPSA) is 3.24 Å². The van der Waals surface area contributed by atoms with E-state index in [4.69, 9.17) is 0 Å². The Bertz CT molecular complexity index is 3740. The highest BCUT2D eigenvalue weighted by Gasteiger charge is 2.59. The van der Waals surface area contributed by atoms with E-state index in [0.717, 1.165) is 6.42 Å². The summed E-state index contributed by atoms with van der Waals surface area (Å²) in [5, 5.41) is 2.59. The second kappa shape index (κ2) is 14.2. The van der Waals surface area contributed by atoms with Crippen LogP contribution in [0.15, 0.2) is 231 Å². The van der Waals surface area contributed by atoms with Gasteiger partial charge in [-0.1, -0.05) is 214 Å². The molecule has 0 fully saturated rings. The van der Waals surface area contributed by atoms with Crippen LogP contribution in [0.25, 0.3) is 42.4 Å². The molecule has 0 amide bonds. The van der Waals surface area contributed by atoms with Crippen molar-refractivity contribution in [1.29, 1.82) is 0 Å². The monoisotopic (exact) mass is 873 g/mol. The summed E-state index contributed by atoms with van der Waals surface area (Å²) in [6, 6.07) is 78.9. The molecule has 1 heterocycles. The fourth-order valence-electron chi connectivity index (χ4n) is 13.4. The third-order valence-electron chi connectivity index (χ3n) is 16.0. The first-order valence-electron chi connectivity index (χ1n) is 23.8. The molecule has 14 rings (SSSR count). The lowest BCUT2D eigenvalue weighted by atomic mass is 9.49. The Balaban J connectivity index is 1.12. The summed E-state index contributed by atoms with van der Waals surface area (Å²) in [5.74, 6) is 0.110. The average molecular weight is 874 g/mol. The van der Waals surface area contributed by atoms with Gasteiger partial charge in [0.25, 0.3) is 0 Å². The molecular formula is C65H47NS. The van der Waals surface area contributed by atoms with Crippen molar-refractivity contribution in [1.82, 2.24) is 0 Å². The number of allylic oxidation sites excluding steroid dienone is 4. The summed E-state index contributed by atoms with van der Waals surface area (Å²) >= 11 is 1.91. The second-order valence-electron chi connectivity index (χ2n) is 19.4. The average Bonchev–Trinajstić information content (AvgIpc) is 4.00. The van der Waals surface area contributed by atoms with E-state index < -0.39 is 10.8 Å². The number of fused-ring (bicyclic) bond motifs is 11. The molecule has 1 aromatic heterocycles. The Morgan fingerprint density at radius 1 is 0.463 bits per heavy atom. The standard InChI is InChI=1S/C65H47NS/c1-63(2)51-30-12-9-25-45(51)47-40-39-44(41-57(47)63)66(59-37-20-29-50-48-27-11-18-38-60(48)67-62(50)59)58-36-17-16-34-55(58)64(42-21-5-3-6-22-42)53-32-14-15-33-54(53)65(43-23-7-4-8-24-43)52-31-13-10-26-46(52)49-28-19-35-56(64)61(49)65/h3-21,23-42H,22H2,1-2H3. The number of nitrogens with zero attached hydrogens (tertiary/aromatic N) is 1. The summed E-state index contributed by atoms with van der Waals surface area (Å²) in [7, 11) is 0. The van der Waals surface area contributed by atoms with Crippen LogP contribution in [-0.2, 0) is 16.2 Å². The zero-order valence-electron chi connectivity index (χ0n) is 37.6. The summed E-state index contributed by atoms with van der Waals surface area (Å²) in [4.78, 5) is 2.64. The van der Waals surface area contributed by atoms with E-state index in [1.807, 2.05) is 11.3 Å². The number of benzene rings is 9. The van der Waals surface area contributed by atoms with Gasteiger partial charge in [-0.3, -0.25) is 0 Å². The molecule has 0 aliphatic heterocycles. The minimum absolute atomic E-state index is 0.110. The molecule has 67 heavy (non-hydrogen) atoms. The number of hydrogen-bond acceptors (Lipinski definition) is 2. The normalized spacial score (nSPS) is 20.0. The lowest BCUT2D eigenvalue weighted by Gasteiger charge is -2.53. The summed E-state index contributed by atoms with van der Waals surface area (Å²) in [6.07, 6.45) is 10.4. The summed E-state index contributed by atoms with van der Waals surface area (Å²) < 4.78 is 2.59. The van der Waals surface area contributed by atoms with E-state index in [1.54, 1.807) is 0 Å². The third-order valence-corrected chi connectivity index (χ3v) is 17.2. The van der Waals surface area contributed by atoms with E-state index >= 15 is 0 Å². The van der Waals surface area contributed by atoms with Crippen molar-refractivity contribution in [3.8, 4) is 22.3 Å². The number of anilines is 3. The minimum atomic E-state index is -0.599. The highest BCUT2D eigenvalue weighted by Crippen LogP contribution is 2.67. The quantitative estimate of drug-likeness (QED) is 0.161. The van der Waals surface area contributed by atoms with E-state index in [1.165, 1.54) is 110 Å². The van der Waals surface area contributed by atoms with Gasteiger partial charge in [-0.2, -0.15) is 0 Å². The third kappa shape index (κ3) is 5.04. The van der Waals surface area contributed by atoms with Crippen LogP contribution in [0.4, 0.5) is 17.1 Å². The highest BCUT2D eigenvalue weighted by molar-refractivity contribution is 7.26. The minimum Gasteiger partial charge on any atom is -0.309 e. The maximum Gasteiger partial charge on any atom is 0.0719 e. The molecule has 0 saturated carbocycles. The second-order valence-corrected chi connectivity index (χ2v) is 20.5. The molecule has 0 bridgehead atoms. The smallest absolute Gasteiger partial charge is 0.0719 e. The van der Waals surface area contributed by atoms with Crippen LogP contribution >= 0.6 is 11.3 Å². The lowest BCUT2D eigenvalue weighted by Crippen LogP contribution is -2.47. The zero-order chi connectivity index (χ0) is 44.5. The first-order valence-corrected chi connectivity index (χ1v) is 24.6. The molecule has 0 spiro atoms. The van der Waals surface area contributed by atoms with Crippen molar-refractivity contribution in [2.24, 2.45) is 5.92 Å². The van der Waals surface area contributed by atoms with Gasteiger partial charge in [-0.15, -0.1) is 11.3 Å². The van der Waals surface area contributed by atoms with Gasteiger partial charge in [0, 0.05) is 26.6 Å². The first-order chi connectivity index (χ1) is 33.0. The maximum atomic E-state index is 2.64. The van der Waals surface area contributed by atoms with Crippen LogP contribution in [0.2, 0.25) is 0 Å². The maximum absolute atomic E-state index is 2.64. The van der Waals surface area contributed by atoms with Crippen molar-refractivity contribution in [2.75, 3.05) is 4.90 Å². The van der Waals surface area contributed by atoms with Crippen LogP contribution < -0.4 is 4.90 Å². The molecule has 3 unspecified atom stereocenters. The number of para-hydroxylation sites is 1. The van der Waals surface area contributed by atoms with Crippen molar-refractivity contribution in [3.63, 3.8) is 0 Å². The van der Waals surface area contributed by atoms with Crippen LogP contribution in [0.5, 0.6) is 0 Å². The van der Waals surface area contributed by atoms with Crippen molar-refractivity contribution < 1.29 is 0 Å². The predicted octanol–water partition coefficient (Wildman–Crippen LogP) is 17.0. The van der Waals surface area contributed by atoms with Crippen LogP contribution in [0.1, 0.15) is 70.3 Å². The van der Waals surface area contributed by atoms with Crippen molar-refractivity contribution in [2.45, 2.75) is 36.5 Å². The molecular weight excluding hydrogens is 827 g/mol. The Morgan fingerprint density at radius 3 is 1.90 bits per heavy atom. The van der Waals surface area contributed by atoms with Gasteiger partial charge in [0.2, 0.25) is 0 Å². The molecule has 0 saturated heterocycles. The van der Waals surface area contributed by atoms with Gasteiger partial charge in [0.05, 0.1) is 26.9 Å². The molecule has 1 nitrogen and oxygen atoms in total. The van der Waals surface area contributed by atoms with Gasteiger partial charge in [-0.25, -0.2) is 0 Å². The Hall–Kier alpha value is -7.52. The van der Waals surface area contributed by atoms with E-state index in [0.29, 0.717) is 0 Å².